The number of benzene rings is 1. The molecule has 1 N–H and O–H groups in total. The quantitative estimate of drug-likeness (QED) is 0.881. The van der Waals surface area contributed by atoms with E-state index in [1.54, 1.807) is 0 Å². The van der Waals surface area contributed by atoms with Crippen LogP contribution in [0.25, 0.3) is 0 Å². The van der Waals surface area contributed by atoms with Gasteiger partial charge in [0.25, 0.3) is 0 Å². The Labute approximate surface area is 111 Å². The van der Waals surface area contributed by atoms with E-state index in [1.807, 2.05) is 0 Å². The van der Waals surface area contributed by atoms with Crippen molar-refractivity contribution < 1.29 is 0 Å². The highest BCUT2D eigenvalue weighted by Crippen LogP contribution is 2.25. The Morgan fingerprint density at radius 2 is 2.06 bits per heavy atom. The van der Waals surface area contributed by atoms with E-state index in [4.69, 9.17) is 0 Å². The van der Waals surface area contributed by atoms with Crippen LogP contribution in [0.1, 0.15) is 45.2 Å². The average Bonchev–Trinajstić information content (AvgIpc) is 2.62. The third-order valence-corrected chi connectivity index (χ3v) is 4.34. The summed E-state index contributed by atoms with van der Waals surface area (Å²) in [6.07, 6.45) is 2.43. The van der Waals surface area contributed by atoms with Crippen LogP contribution >= 0.6 is 0 Å². The van der Waals surface area contributed by atoms with Gasteiger partial charge in [0.1, 0.15) is 0 Å². The zero-order valence-corrected chi connectivity index (χ0v) is 11.9. The Morgan fingerprint density at radius 1 is 1.33 bits per heavy atom. The van der Waals surface area contributed by atoms with Crippen LogP contribution in [0.5, 0.6) is 0 Å². The van der Waals surface area contributed by atoms with E-state index < -0.39 is 0 Å². The molecule has 0 bridgehead atoms. The van der Waals surface area contributed by atoms with Gasteiger partial charge in [0, 0.05) is 24.7 Å². The Kier molecular flexibility index (Phi) is 4.41. The lowest BCUT2D eigenvalue weighted by molar-refractivity contribution is 0.169. The summed E-state index contributed by atoms with van der Waals surface area (Å²) in [4.78, 5) is 2.62. The lowest BCUT2D eigenvalue weighted by Crippen LogP contribution is -2.48. The van der Waals surface area contributed by atoms with Crippen LogP contribution in [0.4, 0.5) is 0 Å². The molecule has 18 heavy (non-hydrogen) atoms. The minimum absolute atomic E-state index is 0.263. The molecule has 1 fully saturated rings. The molecule has 0 aliphatic carbocycles. The molecule has 2 nitrogen and oxygen atoms in total. The van der Waals surface area contributed by atoms with E-state index in [1.165, 1.54) is 24.9 Å². The summed E-state index contributed by atoms with van der Waals surface area (Å²) in [6.45, 7) is 10.4. The summed E-state index contributed by atoms with van der Waals surface area (Å²) in [6, 6.07) is 11.4. The summed E-state index contributed by atoms with van der Waals surface area (Å²) in [5.74, 6) is 0. The number of rotatable bonds is 3. The van der Waals surface area contributed by atoms with Crippen molar-refractivity contribution >= 4 is 0 Å². The van der Waals surface area contributed by atoms with Gasteiger partial charge in [-0.3, -0.25) is 4.90 Å². The Balaban J connectivity index is 2.11. The molecular weight excluding hydrogens is 220 g/mol. The number of hydrogen-bond acceptors (Lipinski definition) is 2. The fourth-order valence-corrected chi connectivity index (χ4v) is 2.77. The van der Waals surface area contributed by atoms with Crippen LogP contribution in [0.15, 0.2) is 30.3 Å². The normalized spacial score (nSPS) is 27.7. The summed E-state index contributed by atoms with van der Waals surface area (Å²) < 4.78 is 0. The molecule has 100 valence electrons. The second-order valence-corrected chi connectivity index (χ2v) is 5.75. The molecule has 1 aliphatic rings. The highest BCUT2D eigenvalue weighted by Gasteiger charge is 2.29. The van der Waals surface area contributed by atoms with E-state index in [9.17, 15) is 0 Å². The molecule has 1 aromatic carbocycles. The predicted octanol–water partition coefficient (Wildman–Crippen LogP) is 3.21. The monoisotopic (exact) mass is 246 g/mol. The number of nitrogens with zero attached hydrogens (tertiary/aromatic N) is 1. The second kappa shape index (κ2) is 5.85. The second-order valence-electron chi connectivity index (χ2n) is 5.75. The van der Waals surface area contributed by atoms with E-state index in [0.717, 1.165) is 13.1 Å². The van der Waals surface area contributed by atoms with Gasteiger partial charge < -0.3 is 5.32 Å². The SMILES string of the molecule is CCC1(C)CN(C(C)c2ccccc2)CCCN1. The van der Waals surface area contributed by atoms with Gasteiger partial charge in [-0.25, -0.2) is 0 Å². The minimum atomic E-state index is 0.263. The van der Waals surface area contributed by atoms with Gasteiger partial charge in [-0.2, -0.15) is 0 Å². The summed E-state index contributed by atoms with van der Waals surface area (Å²) in [7, 11) is 0. The summed E-state index contributed by atoms with van der Waals surface area (Å²) >= 11 is 0. The largest absolute Gasteiger partial charge is 0.310 e. The fourth-order valence-electron chi connectivity index (χ4n) is 2.77. The molecule has 2 atom stereocenters. The molecule has 0 amide bonds. The maximum absolute atomic E-state index is 3.70. The molecule has 2 heteroatoms. The van der Waals surface area contributed by atoms with Gasteiger partial charge in [0.15, 0.2) is 0 Å². The third-order valence-electron chi connectivity index (χ3n) is 4.34. The van der Waals surface area contributed by atoms with Gasteiger partial charge in [-0.05, 0) is 38.8 Å². The number of nitrogens with one attached hydrogen (secondary N) is 1. The zero-order valence-electron chi connectivity index (χ0n) is 11.9. The highest BCUT2D eigenvalue weighted by molar-refractivity contribution is 5.18. The van der Waals surface area contributed by atoms with Crippen molar-refractivity contribution in [2.24, 2.45) is 0 Å². The average molecular weight is 246 g/mol. The number of hydrogen-bond donors (Lipinski definition) is 1. The Bertz CT molecular complexity index is 363. The molecule has 0 saturated carbocycles. The van der Waals surface area contributed by atoms with Crippen LogP contribution in [0.3, 0.4) is 0 Å². The first-order valence-corrected chi connectivity index (χ1v) is 7.19. The molecule has 0 aromatic heterocycles. The molecule has 0 radical (unpaired) electrons. The van der Waals surface area contributed by atoms with Gasteiger partial charge in [0.2, 0.25) is 0 Å². The molecule has 2 rings (SSSR count). The lowest BCUT2D eigenvalue weighted by atomic mass is 9.97. The Hall–Kier alpha value is -0.860. The molecule has 1 heterocycles. The van der Waals surface area contributed by atoms with Crippen molar-refractivity contribution in [3.63, 3.8) is 0 Å². The smallest absolute Gasteiger partial charge is 0.0320 e. The van der Waals surface area contributed by atoms with Crippen LogP contribution in [0.2, 0.25) is 0 Å². The zero-order chi connectivity index (χ0) is 13.0. The first kappa shape index (κ1) is 13.6. The van der Waals surface area contributed by atoms with Crippen molar-refractivity contribution in [1.29, 1.82) is 0 Å². The standard InChI is InChI=1S/C16H26N2/c1-4-16(3)13-18(12-8-11-17-16)14(2)15-9-6-5-7-10-15/h5-7,9-10,14,17H,4,8,11-13H2,1-3H3. The maximum atomic E-state index is 3.70. The summed E-state index contributed by atoms with van der Waals surface area (Å²) in [5.41, 5.74) is 1.69. The first-order valence-electron chi connectivity index (χ1n) is 7.19. The first-order chi connectivity index (χ1) is 8.64. The fraction of sp³-hybridized carbons (Fsp3) is 0.625. The van der Waals surface area contributed by atoms with Crippen molar-refractivity contribution in [1.82, 2.24) is 10.2 Å². The minimum Gasteiger partial charge on any atom is -0.310 e. The molecule has 1 aliphatic heterocycles. The van der Waals surface area contributed by atoms with Gasteiger partial charge >= 0.3 is 0 Å². The van der Waals surface area contributed by atoms with E-state index in [0.29, 0.717) is 6.04 Å². The molecular formula is C16H26N2. The van der Waals surface area contributed by atoms with Crippen LogP contribution in [-0.2, 0) is 0 Å². The van der Waals surface area contributed by atoms with Gasteiger partial charge in [-0.15, -0.1) is 0 Å². The maximum Gasteiger partial charge on any atom is 0.0320 e. The van der Waals surface area contributed by atoms with E-state index in [2.05, 4.69) is 61.3 Å². The Morgan fingerprint density at radius 3 is 2.72 bits per heavy atom. The van der Waals surface area contributed by atoms with Crippen molar-refractivity contribution in [3.8, 4) is 0 Å². The van der Waals surface area contributed by atoms with Gasteiger partial charge in [0.05, 0.1) is 0 Å². The molecule has 1 saturated heterocycles. The third kappa shape index (κ3) is 3.12. The highest BCUT2D eigenvalue weighted by atomic mass is 15.2. The van der Waals surface area contributed by atoms with E-state index in [-0.39, 0.29) is 5.54 Å². The van der Waals surface area contributed by atoms with Crippen molar-refractivity contribution in [2.45, 2.75) is 45.2 Å². The van der Waals surface area contributed by atoms with Crippen molar-refractivity contribution in [2.75, 3.05) is 19.6 Å². The predicted molar refractivity (Wildman–Crippen MR) is 77.7 cm³/mol. The summed E-state index contributed by atoms with van der Waals surface area (Å²) in [5, 5.41) is 3.70. The topological polar surface area (TPSA) is 15.3 Å². The van der Waals surface area contributed by atoms with Crippen LogP contribution < -0.4 is 5.32 Å². The molecule has 1 aromatic rings. The molecule has 2 unspecified atom stereocenters. The van der Waals surface area contributed by atoms with Crippen LogP contribution in [0, 0.1) is 0 Å². The molecule has 0 spiro atoms. The van der Waals surface area contributed by atoms with Crippen LogP contribution in [-0.4, -0.2) is 30.1 Å². The van der Waals surface area contributed by atoms with Crippen molar-refractivity contribution in [3.05, 3.63) is 35.9 Å². The lowest BCUT2D eigenvalue weighted by Gasteiger charge is -2.36. The van der Waals surface area contributed by atoms with E-state index >= 15 is 0 Å². The van der Waals surface area contributed by atoms with Gasteiger partial charge in [-0.1, -0.05) is 37.3 Å².